The maximum atomic E-state index is 12.6. The van der Waals surface area contributed by atoms with E-state index in [2.05, 4.69) is 10.3 Å². The molecule has 5 nitrogen and oxygen atoms in total. The summed E-state index contributed by atoms with van der Waals surface area (Å²) in [5.74, 6) is -0.0814. The number of hydrogen-bond acceptors (Lipinski definition) is 5. The SMILES string of the molecule is CC(=O)C(C)(C)SC(=O)c1c(Cl)nnn1[C@H](C)c1ccccc1. The molecule has 0 spiro atoms. The van der Waals surface area contributed by atoms with Crippen LogP contribution in [0.4, 0.5) is 0 Å². The van der Waals surface area contributed by atoms with Crippen LogP contribution in [-0.4, -0.2) is 30.6 Å². The van der Waals surface area contributed by atoms with Crippen LogP contribution in [0.3, 0.4) is 0 Å². The highest BCUT2D eigenvalue weighted by molar-refractivity contribution is 8.15. The van der Waals surface area contributed by atoms with Gasteiger partial charge in [-0.15, -0.1) is 5.10 Å². The summed E-state index contributed by atoms with van der Waals surface area (Å²) in [6.45, 7) is 6.79. The fourth-order valence-electron chi connectivity index (χ4n) is 1.95. The van der Waals surface area contributed by atoms with Gasteiger partial charge in [-0.25, -0.2) is 4.68 Å². The number of hydrogen-bond donors (Lipinski definition) is 0. The van der Waals surface area contributed by atoms with Crippen molar-refractivity contribution in [2.45, 2.75) is 38.5 Å². The van der Waals surface area contributed by atoms with Gasteiger partial charge in [0.05, 0.1) is 10.8 Å². The van der Waals surface area contributed by atoms with Crippen LogP contribution in [0, 0.1) is 0 Å². The summed E-state index contributed by atoms with van der Waals surface area (Å²) in [5, 5.41) is 7.55. The fraction of sp³-hybridized carbons (Fsp3) is 0.375. The Bertz CT molecular complexity index is 728. The van der Waals surface area contributed by atoms with Gasteiger partial charge in [0.1, 0.15) is 5.78 Å². The number of Topliss-reactive ketones (excluding diaryl/α,β-unsaturated/α-hetero) is 1. The third kappa shape index (κ3) is 3.82. The Morgan fingerprint density at radius 2 is 1.87 bits per heavy atom. The quantitative estimate of drug-likeness (QED) is 0.820. The van der Waals surface area contributed by atoms with Crippen LogP contribution in [0.2, 0.25) is 5.15 Å². The number of rotatable bonds is 5. The molecule has 1 aromatic carbocycles. The molecule has 1 heterocycles. The van der Waals surface area contributed by atoms with Gasteiger partial charge in [0, 0.05) is 0 Å². The molecule has 0 unspecified atom stereocenters. The summed E-state index contributed by atoms with van der Waals surface area (Å²) in [6.07, 6.45) is 0. The van der Waals surface area contributed by atoms with Crippen molar-refractivity contribution in [3.05, 3.63) is 46.7 Å². The smallest absolute Gasteiger partial charge is 0.241 e. The van der Waals surface area contributed by atoms with E-state index in [-0.39, 0.29) is 27.8 Å². The summed E-state index contributed by atoms with van der Waals surface area (Å²) in [4.78, 5) is 24.3. The van der Waals surface area contributed by atoms with Gasteiger partial charge in [-0.05, 0) is 33.3 Å². The van der Waals surface area contributed by atoms with E-state index in [0.717, 1.165) is 17.3 Å². The van der Waals surface area contributed by atoms with E-state index in [9.17, 15) is 9.59 Å². The molecule has 2 rings (SSSR count). The first-order valence-electron chi connectivity index (χ1n) is 7.14. The molecule has 0 aliphatic rings. The fourth-order valence-corrected chi connectivity index (χ4v) is 3.10. The summed E-state index contributed by atoms with van der Waals surface area (Å²) in [6, 6.07) is 9.44. The molecule has 0 saturated heterocycles. The Balaban J connectivity index is 2.36. The Morgan fingerprint density at radius 1 is 1.26 bits per heavy atom. The van der Waals surface area contributed by atoms with Crippen molar-refractivity contribution in [3.63, 3.8) is 0 Å². The zero-order chi connectivity index (χ0) is 17.2. The van der Waals surface area contributed by atoms with Crippen LogP contribution in [-0.2, 0) is 4.79 Å². The molecule has 1 atom stereocenters. The second kappa shape index (κ2) is 6.84. The number of ketones is 1. The van der Waals surface area contributed by atoms with E-state index >= 15 is 0 Å². The summed E-state index contributed by atoms with van der Waals surface area (Å²) in [7, 11) is 0. The lowest BCUT2D eigenvalue weighted by atomic mass is 10.1. The van der Waals surface area contributed by atoms with E-state index in [4.69, 9.17) is 11.6 Å². The molecular formula is C16H18ClN3O2S. The molecule has 0 aliphatic carbocycles. The topological polar surface area (TPSA) is 64.8 Å². The second-order valence-electron chi connectivity index (χ2n) is 5.72. The van der Waals surface area contributed by atoms with Crippen molar-refractivity contribution in [3.8, 4) is 0 Å². The van der Waals surface area contributed by atoms with Crippen LogP contribution >= 0.6 is 23.4 Å². The first-order chi connectivity index (χ1) is 10.7. The molecule has 0 saturated carbocycles. The molecule has 1 aromatic heterocycles. The molecule has 7 heteroatoms. The van der Waals surface area contributed by atoms with E-state index in [1.54, 1.807) is 13.8 Å². The number of thioether (sulfide) groups is 1. The normalized spacial score (nSPS) is 12.9. The standard InChI is InChI=1S/C16H18ClN3O2S/c1-10(12-8-6-5-7-9-12)20-13(14(17)18-19-20)15(22)23-16(3,4)11(2)21/h5-10H,1-4H3/t10-/m1/s1. The Morgan fingerprint density at radius 3 is 2.43 bits per heavy atom. The lowest BCUT2D eigenvalue weighted by Crippen LogP contribution is -2.28. The number of carbonyl (C=O) groups is 2. The minimum Gasteiger partial charge on any atom is -0.298 e. The van der Waals surface area contributed by atoms with Crippen LogP contribution < -0.4 is 0 Å². The molecule has 0 radical (unpaired) electrons. The van der Waals surface area contributed by atoms with Crippen molar-refractivity contribution in [2.24, 2.45) is 0 Å². The molecule has 0 amide bonds. The number of carbonyl (C=O) groups excluding carboxylic acids is 2. The zero-order valence-corrected chi connectivity index (χ0v) is 15.0. The lowest BCUT2D eigenvalue weighted by Gasteiger charge is -2.20. The number of aromatic nitrogens is 3. The zero-order valence-electron chi connectivity index (χ0n) is 13.4. The monoisotopic (exact) mass is 351 g/mol. The van der Waals surface area contributed by atoms with Crippen molar-refractivity contribution >= 4 is 34.3 Å². The number of benzene rings is 1. The predicted octanol–water partition coefficient (Wildman–Crippen LogP) is 3.78. The molecule has 122 valence electrons. The van der Waals surface area contributed by atoms with Crippen LogP contribution in [0.1, 0.15) is 49.8 Å². The molecule has 23 heavy (non-hydrogen) atoms. The van der Waals surface area contributed by atoms with Gasteiger partial charge in [-0.3, -0.25) is 9.59 Å². The first-order valence-corrected chi connectivity index (χ1v) is 8.33. The highest BCUT2D eigenvalue weighted by Gasteiger charge is 2.32. The summed E-state index contributed by atoms with van der Waals surface area (Å²) in [5.41, 5.74) is 1.20. The average Bonchev–Trinajstić information content (AvgIpc) is 2.88. The molecule has 0 aliphatic heterocycles. The minimum absolute atomic E-state index is 0.0460. The maximum absolute atomic E-state index is 12.6. The maximum Gasteiger partial charge on any atom is 0.241 e. The van der Waals surface area contributed by atoms with E-state index in [0.29, 0.717) is 0 Å². The summed E-state index contributed by atoms with van der Waals surface area (Å²) < 4.78 is 0.675. The Labute approximate surface area is 144 Å². The first kappa shape index (κ1) is 17.7. The molecule has 0 N–H and O–H groups in total. The largest absolute Gasteiger partial charge is 0.298 e. The Hall–Kier alpha value is -1.66. The van der Waals surface area contributed by atoms with Gasteiger partial charge in [0.15, 0.2) is 10.8 Å². The van der Waals surface area contributed by atoms with Gasteiger partial charge in [0.2, 0.25) is 5.12 Å². The van der Waals surface area contributed by atoms with Crippen molar-refractivity contribution < 1.29 is 9.59 Å². The third-order valence-corrected chi connectivity index (χ3v) is 5.12. The van der Waals surface area contributed by atoms with Gasteiger partial charge >= 0.3 is 0 Å². The van der Waals surface area contributed by atoms with Gasteiger partial charge < -0.3 is 0 Å². The van der Waals surface area contributed by atoms with E-state index in [1.807, 2.05) is 37.3 Å². The molecule has 0 fully saturated rings. The predicted molar refractivity (Wildman–Crippen MR) is 92.0 cm³/mol. The number of halogens is 1. The highest BCUT2D eigenvalue weighted by Crippen LogP contribution is 2.32. The van der Waals surface area contributed by atoms with E-state index in [1.165, 1.54) is 11.6 Å². The molecular weight excluding hydrogens is 334 g/mol. The summed E-state index contributed by atoms with van der Waals surface area (Å²) >= 11 is 7.00. The third-order valence-electron chi connectivity index (χ3n) is 3.69. The lowest BCUT2D eigenvalue weighted by molar-refractivity contribution is -0.118. The van der Waals surface area contributed by atoms with Crippen molar-refractivity contribution in [1.82, 2.24) is 15.0 Å². The van der Waals surface area contributed by atoms with Crippen LogP contribution in [0.25, 0.3) is 0 Å². The second-order valence-corrected chi connectivity index (χ2v) is 7.67. The van der Waals surface area contributed by atoms with E-state index < -0.39 is 4.75 Å². The van der Waals surface area contributed by atoms with Crippen LogP contribution in [0.5, 0.6) is 0 Å². The van der Waals surface area contributed by atoms with Crippen LogP contribution in [0.15, 0.2) is 30.3 Å². The van der Waals surface area contributed by atoms with Crippen molar-refractivity contribution in [2.75, 3.05) is 0 Å². The molecule has 0 bridgehead atoms. The highest BCUT2D eigenvalue weighted by atomic mass is 35.5. The molecule has 2 aromatic rings. The average molecular weight is 352 g/mol. The minimum atomic E-state index is -0.828. The van der Waals surface area contributed by atoms with Crippen molar-refractivity contribution in [1.29, 1.82) is 0 Å². The van der Waals surface area contributed by atoms with Gasteiger partial charge in [-0.1, -0.05) is 58.9 Å². The Kier molecular flexibility index (Phi) is 5.26. The van der Waals surface area contributed by atoms with Gasteiger partial charge in [0.25, 0.3) is 0 Å². The van der Waals surface area contributed by atoms with Gasteiger partial charge in [-0.2, -0.15) is 0 Å². The number of nitrogens with zero attached hydrogens (tertiary/aromatic N) is 3.